The summed E-state index contributed by atoms with van der Waals surface area (Å²) in [6, 6.07) is 9.58. The zero-order valence-electron chi connectivity index (χ0n) is 14.3. The normalized spacial score (nSPS) is 10.5. The fourth-order valence-electron chi connectivity index (χ4n) is 1.94. The number of ether oxygens (including phenoxy) is 1. The third-order valence-electron chi connectivity index (χ3n) is 3.34. The molecule has 0 bridgehead atoms. The predicted octanol–water partition coefficient (Wildman–Crippen LogP) is 4.42. The highest BCUT2D eigenvalue weighted by molar-refractivity contribution is 7.99. The van der Waals surface area contributed by atoms with Crippen molar-refractivity contribution < 1.29 is 14.3 Å². The average Bonchev–Trinajstić information content (AvgIpc) is 2.59. The molecule has 0 saturated heterocycles. The molecule has 1 heterocycles. The Bertz CT molecular complexity index is 798. The number of hydrogen-bond donors (Lipinski definition) is 1. The van der Waals surface area contributed by atoms with Crippen molar-refractivity contribution in [2.45, 2.75) is 19.6 Å². The van der Waals surface area contributed by atoms with Gasteiger partial charge in [0.25, 0.3) is 5.91 Å². The summed E-state index contributed by atoms with van der Waals surface area (Å²) < 4.78 is 4.96. The molecule has 0 aliphatic heterocycles. The first-order chi connectivity index (χ1) is 12.3. The van der Waals surface area contributed by atoms with Crippen molar-refractivity contribution >= 4 is 52.7 Å². The highest BCUT2D eigenvalue weighted by atomic mass is 35.5. The number of amides is 1. The number of aromatic nitrogens is 1. The maximum Gasteiger partial charge on any atom is 0.316 e. The van der Waals surface area contributed by atoms with Gasteiger partial charge in [0.1, 0.15) is 0 Å². The molecular formula is C18H18Cl2N2O3S. The van der Waals surface area contributed by atoms with Gasteiger partial charge in [-0.25, -0.2) is 4.98 Å². The van der Waals surface area contributed by atoms with Gasteiger partial charge in [-0.15, -0.1) is 11.8 Å². The van der Waals surface area contributed by atoms with Crippen LogP contribution in [-0.2, 0) is 20.1 Å². The summed E-state index contributed by atoms with van der Waals surface area (Å²) in [5, 5.41) is 3.12. The van der Waals surface area contributed by atoms with Gasteiger partial charge >= 0.3 is 5.97 Å². The van der Waals surface area contributed by atoms with Crippen molar-refractivity contribution in [2.24, 2.45) is 0 Å². The number of carbonyl (C=O) groups is 2. The third-order valence-corrected chi connectivity index (χ3v) is 4.98. The van der Waals surface area contributed by atoms with E-state index in [1.807, 2.05) is 31.2 Å². The maximum atomic E-state index is 11.9. The molecule has 2 aromatic rings. The van der Waals surface area contributed by atoms with Crippen LogP contribution in [-0.4, -0.2) is 29.2 Å². The van der Waals surface area contributed by atoms with Crippen molar-refractivity contribution in [3.8, 4) is 0 Å². The predicted molar refractivity (Wildman–Crippen MR) is 106 cm³/mol. The van der Waals surface area contributed by atoms with Gasteiger partial charge in [0, 0.05) is 5.75 Å². The summed E-state index contributed by atoms with van der Waals surface area (Å²) in [5.41, 5.74) is 2.86. The standard InChI is InChI=1S/C18H18Cl2N2O3S/c1-11-3-5-13(6-4-11)9-26-10-17(24)25-8-16(23)22-18-15(20)7-14(19)12(2)21-18/h3-7H,8-10H2,1-2H3,(H,21,22,23). The van der Waals surface area contributed by atoms with Gasteiger partial charge in [-0.1, -0.05) is 53.0 Å². The first kappa shape index (κ1) is 20.6. The number of nitrogens with zero attached hydrogens (tertiary/aromatic N) is 1. The Labute approximate surface area is 166 Å². The number of aryl methyl sites for hydroxylation is 2. The zero-order valence-corrected chi connectivity index (χ0v) is 16.7. The summed E-state index contributed by atoms with van der Waals surface area (Å²) >= 11 is 13.3. The van der Waals surface area contributed by atoms with Crippen LogP contribution in [0.1, 0.15) is 16.8 Å². The van der Waals surface area contributed by atoms with Crippen molar-refractivity contribution in [1.29, 1.82) is 0 Å². The number of nitrogens with one attached hydrogen (secondary N) is 1. The number of halogens is 2. The molecule has 0 spiro atoms. The fourth-order valence-corrected chi connectivity index (χ4v) is 3.12. The summed E-state index contributed by atoms with van der Waals surface area (Å²) in [7, 11) is 0. The summed E-state index contributed by atoms with van der Waals surface area (Å²) in [5.74, 6) is 0.0794. The van der Waals surface area contributed by atoms with Crippen LogP contribution in [0, 0.1) is 13.8 Å². The van der Waals surface area contributed by atoms with E-state index in [0.717, 1.165) is 5.56 Å². The SMILES string of the molecule is Cc1ccc(CSCC(=O)OCC(=O)Nc2nc(C)c(Cl)cc2Cl)cc1. The molecule has 0 aliphatic rings. The lowest BCUT2D eigenvalue weighted by atomic mass is 10.2. The number of rotatable bonds is 7. The topological polar surface area (TPSA) is 68.3 Å². The van der Waals surface area contributed by atoms with Crippen LogP contribution in [0.4, 0.5) is 5.82 Å². The Balaban J connectivity index is 1.72. The fraction of sp³-hybridized carbons (Fsp3) is 0.278. The lowest BCUT2D eigenvalue weighted by Crippen LogP contribution is -2.22. The summed E-state index contributed by atoms with van der Waals surface area (Å²) in [6.07, 6.45) is 0. The molecular weight excluding hydrogens is 395 g/mol. The quantitative estimate of drug-likeness (QED) is 0.681. The van der Waals surface area contributed by atoms with Crippen LogP contribution in [0.15, 0.2) is 30.3 Å². The lowest BCUT2D eigenvalue weighted by molar-refractivity contribution is -0.144. The zero-order chi connectivity index (χ0) is 19.1. The molecule has 0 radical (unpaired) electrons. The molecule has 0 fully saturated rings. The minimum Gasteiger partial charge on any atom is -0.455 e. The van der Waals surface area contributed by atoms with E-state index in [1.165, 1.54) is 23.4 Å². The number of benzene rings is 1. The van der Waals surface area contributed by atoms with Gasteiger partial charge in [0.15, 0.2) is 12.4 Å². The number of hydrogen-bond acceptors (Lipinski definition) is 5. The molecule has 8 heteroatoms. The van der Waals surface area contributed by atoms with Crippen molar-refractivity contribution in [3.63, 3.8) is 0 Å². The molecule has 26 heavy (non-hydrogen) atoms. The monoisotopic (exact) mass is 412 g/mol. The Kier molecular flexibility index (Phi) is 7.75. The third kappa shape index (κ3) is 6.52. The van der Waals surface area contributed by atoms with Gasteiger partial charge in [0.2, 0.25) is 0 Å². The van der Waals surface area contributed by atoms with E-state index < -0.39 is 18.5 Å². The molecule has 0 unspecified atom stereocenters. The van der Waals surface area contributed by atoms with E-state index in [1.54, 1.807) is 6.92 Å². The van der Waals surface area contributed by atoms with Crippen LogP contribution in [0.25, 0.3) is 0 Å². The van der Waals surface area contributed by atoms with Crippen molar-refractivity contribution in [1.82, 2.24) is 4.98 Å². The first-order valence-corrected chi connectivity index (χ1v) is 9.67. The highest BCUT2D eigenvalue weighted by Crippen LogP contribution is 2.25. The van der Waals surface area contributed by atoms with Gasteiger partial charge in [-0.05, 0) is 25.5 Å². The first-order valence-electron chi connectivity index (χ1n) is 7.76. The highest BCUT2D eigenvalue weighted by Gasteiger charge is 2.12. The van der Waals surface area contributed by atoms with E-state index in [0.29, 0.717) is 16.5 Å². The van der Waals surface area contributed by atoms with Gasteiger partial charge < -0.3 is 10.1 Å². The molecule has 1 aromatic heterocycles. The Morgan fingerprint density at radius 3 is 2.54 bits per heavy atom. The lowest BCUT2D eigenvalue weighted by Gasteiger charge is -2.09. The van der Waals surface area contributed by atoms with Gasteiger partial charge in [-0.3, -0.25) is 9.59 Å². The molecule has 0 aliphatic carbocycles. The maximum absolute atomic E-state index is 11.9. The summed E-state index contributed by atoms with van der Waals surface area (Å²) in [4.78, 5) is 27.7. The number of thioether (sulfide) groups is 1. The molecule has 0 saturated carbocycles. The molecule has 5 nitrogen and oxygen atoms in total. The molecule has 0 atom stereocenters. The van der Waals surface area contributed by atoms with E-state index in [2.05, 4.69) is 10.3 Å². The Morgan fingerprint density at radius 2 is 1.85 bits per heavy atom. The van der Waals surface area contributed by atoms with Gasteiger partial charge in [-0.2, -0.15) is 0 Å². The molecule has 1 aromatic carbocycles. The summed E-state index contributed by atoms with van der Waals surface area (Å²) in [6.45, 7) is 3.32. The molecule has 2 rings (SSSR count). The van der Waals surface area contributed by atoms with Crippen LogP contribution >= 0.6 is 35.0 Å². The number of pyridine rings is 1. The van der Waals surface area contributed by atoms with E-state index in [4.69, 9.17) is 27.9 Å². The Hall–Kier alpha value is -1.76. The van der Waals surface area contributed by atoms with Crippen LogP contribution in [0.2, 0.25) is 10.0 Å². The largest absolute Gasteiger partial charge is 0.455 e. The second-order valence-corrected chi connectivity index (χ2v) is 7.37. The smallest absolute Gasteiger partial charge is 0.316 e. The molecule has 1 N–H and O–H groups in total. The number of esters is 1. The minimum absolute atomic E-state index is 0.167. The Morgan fingerprint density at radius 1 is 1.15 bits per heavy atom. The van der Waals surface area contributed by atoms with Crippen molar-refractivity contribution in [3.05, 3.63) is 57.2 Å². The van der Waals surface area contributed by atoms with Crippen LogP contribution in [0.3, 0.4) is 0 Å². The van der Waals surface area contributed by atoms with E-state index in [9.17, 15) is 9.59 Å². The second kappa shape index (κ2) is 9.80. The van der Waals surface area contributed by atoms with Crippen LogP contribution in [0.5, 0.6) is 0 Å². The van der Waals surface area contributed by atoms with Crippen LogP contribution < -0.4 is 5.32 Å². The molecule has 1 amide bonds. The number of carbonyl (C=O) groups excluding carboxylic acids is 2. The number of anilines is 1. The van der Waals surface area contributed by atoms with Crippen molar-refractivity contribution in [2.75, 3.05) is 17.7 Å². The average molecular weight is 413 g/mol. The minimum atomic E-state index is -0.516. The molecule has 138 valence electrons. The van der Waals surface area contributed by atoms with E-state index in [-0.39, 0.29) is 16.6 Å². The van der Waals surface area contributed by atoms with E-state index >= 15 is 0 Å². The van der Waals surface area contributed by atoms with Gasteiger partial charge in [0.05, 0.1) is 21.5 Å². The second-order valence-electron chi connectivity index (χ2n) is 5.57.